The van der Waals surface area contributed by atoms with Crippen LogP contribution < -0.4 is 10.2 Å². The second kappa shape index (κ2) is 6.27. The van der Waals surface area contributed by atoms with Gasteiger partial charge < -0.3 is 10.2 Å². The van der Waals surface area contributed by atoms with E-state index in [1.807, 2.05) is 16.6 Å². The number of hydrogen-bond acceptors (Lipinski definition) is 5. The lowest BCUT2D eigenvalue weighted by molar-refractivity contribution is 0.797. The van der Waals surface area contributed by atoms with Gasteiger partial charge in [0, 0.05) is 24.7 Å². The van der Waals surface area contributed by atoms with E-state index in [1.54, 1.807) is 0 Å². The fourth-order valence-electron chi connectivity index (χ4n) is 3.75. The van der Waals surface area contributed by atoms with Crippen molar-refractivity contribution < 1.29 is 0 Å². The monoisotopic (exact) mass is 348 g/mol. The van der Waals surface area contributed by atoms with Crippen LogP contribution in [-0.4, -0.2) is 32.9 Å². The second-order valence-corrected chi connectivity index (χ2v) is 7.48. The van der Waals surface area contributed by atoms with Crippen molar-refractivity contribution >= 4 is 17.2 Å². The predicted octanol–water partition coefficient (Wildman–Crippen LogP) is 3.78. The second-order valence-electron chi connectivity index (χ2n) is 7.48. The van der Waals surface area contributed by atoms with Gasteiger partial charge in [0.05, 0.1) is 6.04 Å². The van der Waals surface area contributed by atoms with Crippen LogP contribution in [0.4, 0.5) is 11.5 Å². The van der Waals surface area contributed by atoms with Crippen LogP contribution in [-0.2, 0) is 0 Å². The summed E-state index contributed by atoms with van der Waals surface area (Å²) >= 11 is 0. The Kier molecular flexibility index (Phi) is 3.76. The molecule has 1 atom stereocenters. The number of aromatic nitrogens is 4. The zero-order valence-electron chi connectivity index (χ0n) is 15.1. The largest absolute Gasteiger partial charge is 0.372 e. The highest BCUT2D eigenvalue weighted by molar-refractivity contribution is 5.51. The Balaban J connectivity index is 1.38. The fraction of sp³-hybridized carbons (Fsp3) is 0.450. The highest BCUT2D eigenvalue weighted by Crippen LogP contribution is 2.38. The molecule has 1 N–H and O–H groups in total. The molecule has 1 saturated heterocycles. The lowest BCUT2D eigenvalue weighted by atomic mass is 10.1. The molecule has 1 saturated carbocycles. The van der Waals surface area contributed by atoms with E-state index in [0.717, 1.165) is 17.3 Å². The summed E-state index contributed by atoms with van der Waals surface area (Å²) in [5.41, 5.74) is 3.43. The quantitative estimate of drug-likeness (QED) is 0.760. The zero-order valence-corrected chi connectivity index (χ0v) is 15.1. The average molecular weight is 348 g/mol. The molecule has 2 aliphatic rings. The van der Waals surface area contributed by atoms with Gasteiger partial charge in [-0.25, -0.2) is 0 Å². The van der Waals surface area contributed by atoms with E-state index < -0.39 is 0 Å². The maximum Gasteiger partial charge on any atom is 0.178 e. The van der Waals surface area contributed by atoms with Crippen molar-refractivity contribution in [3.63, 3.8) is 0 Å². The third-order valence-electron chi connectivity index (χ3n) is 5.44. The van der Waals surface area contributed by atoms with E-state index >= 15 is 0 Å². The summed E-state index contributed by atoms with van der Waals surface area (Å²) in [6, 6.07) is 13.0. The third-order valence-corrected chi connectivity index (χ3v) is 5.44. The number of nitrogens with one attached hydrogen (secondary N) is 1. The van der Waals surface area contributed by atoms with E-state index in [0.29, 0.717) is 5.92 Å². The molecule has 1 aromatic carbocycles. The molecule has 6 nitrogen and oxygen atoms in total. The maximum atomic E-state index is 4.73. The average Bonchev–Trinajstić information content (AvgIpc) is 3.20. The molecule has 1 aliphatic heterocycles. The van der Waals surface area contributed by atoms with Crippen LogP contribution in [0.1, 0.15) is 56.0 Å². The van der Waals surface area contributed by atoms with Crippen molar-refractivity contribution in [2.75, 3.05) is 23.3 Å². The standard InChI is InChI=1S/C20H24N6/c1-14(16-5-4-6-17(13-16)25-11-2-3-12-25)21-18-9-10-19-22-23-20(15-7-8-15)26(19)24-18/h4-6,9-10,13-15H,2-3,7-8,11-12H2,1H3,(H,21,24)/t14-/m1/s1. The van der Waals surface area contributed by atoms with Gasteiger partial charge >= 0.3 is 0 Å². The Morgan fingerprint density at radius 3 is 2.73 bits per heavy atom. The summed E-state index contributed by atoms with van der Waals surface area (Å²) in [6.45, 7) is 4.52. The number of hydrogen-bond donors (Lipinski definition) is 1. The summed E-state index contributed by atoms with van der Waals surface area (Å²) in [5.74, 6) is 2.38. The normalized spacial score (nSPS) is 18.4. The van der Waals surface area contributed by atoms with E-state index in [2.05, 4.69) is 51.6 Å². The van der Waals surface area contributed by atoms with Gasteiger partial charge in [-0.05, 0) is 62.4 Å². The molecule has 6 heteroatoms. The van der Waals surface area contributed by atoms with E-state index in [-0.39, 0.29) is 6.04 Å². The first-order valence-electron chi connectivity index (χ1n) is 9.62. The smallest absolute Gasteiger partial charge is 0.178 e. The van der Waals surface area contributed by atoms with Crippen LogP contribution in [0.2, 0.25) is 0 Å². The van der Waals surface area contributed by atoms with Gasteiger partial charge in [-0.3, -0.25) is 0 Å². The van der Waals surface area contributed by atoms with Crippen molar-refractivity contribution in [3.05, 3.63) is 47.8 Å². The van der Waals surface area contributed by atoms with Crippen LogP contribution in [0.15, 0.2) is 36.4 Å². The number of anilines is 2. The van der Waals surface area contributed by atoms with Crippen molar-refractivity contribution in [1.29, 1.82) is 0 Å². The lowest BCUT2D eigenvalue weighted by Gasteiger charge is -2.21. The predicted molar refractivity (Wildman–Crippen MR) is 103 cm³/mol. The van der Waals surface area contributed by atoms with Gasteiger partial charge in [-0.2, -0.15) is 4.52 Å². The molecule has 0 bridgehead atoms. The Hall–Kier alpha value is -2.63. The Labute approximate surface area is 153 Å². The van der Waals surface area contributed by atoms with Crippen LogP contribution in [0, 0.1) is 0 Å². The summed E-state index contributed by atoms with van der Waals surface area (Å²) < 4.78 is 1.90. The Morgan fingerprint density at radius 1 is 1.08 bits per heavy atom. The van der Waals surface area contributed by atoms with Gasteiger partial charge in [0.15, 0.2) is 11.5 Å². The topological polar surface area (TPSA) is 58.4 Å². The molecule has 26 heavy (non-hydrogen) atoms. The van der Waals surface area contributed by atoms with Gasteiger partial charge in [0.1, 0.15) is 5.82 Å². The van der Waals surface area contributed by atoms with Gasteiger partial charge in [0.25, 0.3) is 0 Å². The lowest BCUT2D eigenvalue weighted by Crippen LogP contribution is -2.18. The number of nitrogens with zero attached hydrogens (tertiary/aromatic N) is 5. The first kappa shape index (κ1) is 15.6. The van der Waals surface area contributed by atoms with Gasteiger partial charge in [-0.15, -0.1) is 15.3 Å². The fourth-order valence-corrected chi connectivity index (χ4v) is 3.75. The Morgan fingerprint density at radius 2 is 1.92 bits per heavy atom. The number of fused-ring (bicyclic) bond motifs is 1. The van der Waals surface area contributed by atoms with E-state index in [1.165, 1.54) is 50.0 Å². The molecule has 3 aromatic rings. The molecule has 3 heterocycles. The van der Waals surface area contributed by atoms with E-state index in [9.17, 15) is 0 Å². The van der Waals surface area contributed by atoms with Crippen molar-refractivity contribution in [3.8, 4) is 0 Å². The molecule has 0 radical (unpaired) electrons. The summed E-state index contributed by atoms with van der Waals surface area (Å²) in [7, 11) is 0. The van der Waals surface area contributed by atoms with Gasteiger partial charge in [0.2, 0.25) is 0 Å². The van der Waals surface area contributed by atoms with E-state index in [4.69, 9.17) is 5.10 Å². The molecule has 0 unspecified atom stereocenters. The Bertz CT molecular complexity index is 923. The van der Waals surface area contributed by atoms with Gasteiger partial charge in [-0.1, -0.05) is 12.1 Å². The minimum absolute atomic E-state index is 0.184. The molecule has 5 rings (SSSR count). The number of rotatable bonds is 5. The van der Waals surface area contributed by atoms with Crippen molar-refractivity contribution in [2.24, 2.45) is 0 Å². The van der Waals surface area contributed by atoms with Crippen LogP contribution >= 0.6 is 0 Å². The molecule has 2 fully saturated rings. The highest BCUT2D eigenvalue weighted by Gasteiger charge is 2.29. The summed E-state index contributed by atoms with van der Waals surface area (Å²) in [5, 5.41) is 16.8. The zero-order chi connectivity index (χ0) is 17.5. The SMILES string of the molecule is C[C@@H](Nc1ccc2nnc(C3CC3)n2n1)c1cccc(N2CCCC2)c1. The van der Waals surface area contributed by atoms with Crippen molar-refractivity contribution in [2.45, 2.75) is 44.6 Å². The summed E-state index contributed by atoms with van der Waals surface area (Å²) in [6.07, 6.45) is 4.98. The van der Waals surface area contributed by atoms with Crippen LogP contribution in [0.3, 0.4) is 0 Å². The molecule has 0 spiro atoms. The molecular weight excluding hydrogens is 324 g/mol. The van der Waals surface area contributed by atoms with Crippen LogP contribution in [0.5, 0.6) is 0 Å². The molecule has 2 aromatic heterocycles. The maximum absolute atomic E-state index is 4.73. The molecular formula is C20H24N6. The van der Waals surface area contributed by atoms with Crippen molar-refractivity contribution in [1.82, 2.24) is 19.8 Å². The van der Waals surface area contributed by atoms with Crippen LogP contribution in [0.25, 0.3) is 5.65 Å². The molecule has 1 aliphatic carbocycles. The molecule has 0 amide bonds. The molecule has 134 valence electrons. The minimum atomic E-state index is 0.184. The summed E-state index contributed by atoms with van der Waals surface area (Å²) in [4.78, 5) is 2.47. The highest BCUT2D eigenvalue weighted by atomic mass is 15.4. The first-order chi connectivity index (χ1) is 12.8. The minimum Gasteiger partial charge on any atom is -0.372 e. The third kappa shape index (κ3) is 2.89. The number of benzene rings is 1. The first-order valence-corrected chi connectivity index (χ1v) is 9.62.